The molecule has 8 heteroatoms. The van der Waals surface area contributed by atoms with E-state index in [4.69, 9.17) is 9.84 Å². The summed E-state index contributed by atoms with van der Waals surface area (Å²) in [7, 11) is 0. The van der Waals surface area contributed by atoms with Crippen LogP contribution in [0.2, 0.25) is 0 Å². The van der Waals surface area contributed by atoms with E-state index < -0.39 is 0 Å². The molecule has 1 unspecified atom stereocenters. The topological polar surface area (TPSA) is 74.7 Å². The molecule has 28 heavy (non-hydrogen) atoms. The summed E-state index contributed by atoms with van der Waals surface area (Å²) in [6.07, 6.45) is 1.78. The summed E-state index contributed by atoms with van der Waals surface area (Å²) >= 11 is 3.20. The number of aromatic nitrogens is 1. The zero-order valence-electron chi connectivity index (χ0n) is 15.7. The van der Waals surface area contributed by atoms with E-state index in [1.54, 1.807) is 11.3 Å². The van der Waals surface area contributed by atoms with Crippen LogP contribution in [0, 0.1) is 6.92 Å². The number of carbonyl (C=O) groups is 1. The van der Waals surface area contributed by atoms with Crippen LogP contribution in [0.1, 0.15) is 31.2 Å². The molecule has 0 aliphatic carbocycles. The van der Waals surface area contributed by atoms with Gasteiger partial charge in [-0.05, 0) is 18.4 Å². The van der Waals surface area contributed by atoms with Crippen molar-refractivity contribution in [2.45, 2.75) is 19.6 Å². The fraction of sp³-hybridized carbons (Fsp3) is 0.400. The number of thiophene rings is 1. The van der Waals surface area contributed by atoms with Gasteiger partial charge in [-0.25, -0.2) is 4.98 Å². The van der Waals surface area contributed by atoms with Gasteiger partial charge in [0.25, 0.3) is 5.91 Å². The number of aryl methyl sites for hydroxylation is 1. The van der Waals surface area contributed by atoms with E-state index in [0.29, 0.717) is 11.5 Å². The molecule has 1 fully saturated rings. The number of benzene rings is 1. The quantitative estimate of drug-likeness (QED) is 0.645. The summed E-state index contributed by atoms with van der Waals surface area (Å²) < 4.78 is 7.20. The number of hydrogen-bond donors (Lipinski definition) is 2. The summed E-state index contributed by atoms with van der Waals surface area (Å²) in [5, 5.41) is 14.0. The number of aliphatic hydroxyl groups excluding tert-OH is 1. The summed E-state index contributed by atoms with van der Waals surface area (Å²) in [5.41, 5.74) is 0.959. The van der Waals surface area contributed by atoms with Crippen molar-refractivity contribution in [1.82, 2.24) is 15.2 Å². The summed E-state index contributed by atoms with van der Waals surface area (Å²) in [6.45, 7) is 5.26. The summed E-state index contributed by atoms with van der Waals surface area (Å²) in [6, 6.07) is 8.07. The maximum atomic E-state index is 12.7. The molecule has 0 radical (unpaired) electrons. The largest absolute Gasteiger partial charge is 0.395 e. The first-order valence-electron chi connectivity index (χ1n) is 9.31. The van der Waals surface area contributed by atoms with E-state index in [1.807, 2.05) is 31.3 Å². The predicted molar refractivity (Wildman–Crippen MR) is 112 cm³/mol. The van der Waals surface area contributed by atoms with Crippen LogP contribution in [0.4, 0.5) is 0 Å². The van der Waals surface area contributed by atoms with Gasteiger partial charge in [-0.15, -0.1) is 22.7 Å². The number of nitrogens with one attached hydrogen (secondary N) is 1. The number of rotatable bonds is 6. The van der Waals surface area contributed by atoms with Crippen LogP contribution in [0.3, 0.4) is 0 Å². The van der Waals surface area contributed by atoms with E-state index in [9.17, 15) is 4.79 Å². The van der Waals surface area contributed by atoms with Crippen molar-refractivity contribution in [3.05, 3.63) is 50.8 Å². The summed E-state index contributed by atoms with van der Waals surface area (Å²) in [4.78, 5) is 21.4. The maximum Gasteiger partial charge on any atom is 0.261 e. The van der Waals surface area contributed by atoms with Crippen LogP contribution in [0.25, 0.3) is 10.1 Å². The van der Waals surface area contributed by atoms with Crippen molar-refractivity contribution < 1.29 is 14.6 Å². The lowest BCUT2D eigenvalue weighted by Gasteiger charge is -2.33. The molecular weight excluding hydrogens is 394 g/mol. The normalized spacial score (nSPS) is 17.9. The number of fused-ring (bicyclic) bond motifs is 1. The molecular formula is C20H23N3O3S2. The second-order valence-electron chi connectivity index (χ2n) is 6.76. The number of aliphatic hydroxyl groups is 1. The molecule has 0 bridgehead atoms. The number of morpholine rings is 1. The van der Waals surface area contributed by atoms with Crippen LogP contribution >= 0.6 is 22.7 Å². The van der Waals surface area contributed by atoms with Gasteiger partial charge in [0.1, 0.15) is 0 Å². The van der Waals surface area contributed by atoms with Gasteiger partial charge >= 0.3 is 0 Å². The molecule has 1 amide bonds. The highest BCUT2D eigenvalue weighted by atomic mass is 32.1. The third-order valence-electron chi connectivity index (χ3n) is 4.76. The van der Waals surface area contributed by atoms with Crippen LogP contribution in [-0.4, -0.2) is 53.7 Å². The Labute approximate surface area is 171 Å². The van der Waals surface area contributed by atoms with Crippen molar-refractivity contribution in [1.29, 1.82) is 0 Å². The highest BCUT2D eigenvalue weighted by Gasteiger charge is 2.29. The Morgan fingerprint density at radius 2 is 2.25 bits per heavy atom. The molecule has 1 aromatic carbocycles. The average molecular weight is 418 g/mol. The van der Waals surface area contributed by atoms with Crippen LogP contribution < -0.4 is 5.32 Å². The molecule has 3 heterocycles. The van der Waals surface area contributed by atoms with E-state index in [2.05, 4.69) is 21.3 Å². The minimum absolute atomic E-state index is 0.0755. The molecule has 6 nitrogen and oxygen atoms in total. The van der Waals surface area contributed by atoms with Gasteiger partial charge < -0.3 is 15.2 Å². The molecule has 4 rings (SSSR count). The minimum atomic E-state index is -0.159. The lowest BCUT2D eigenvalue weighted by atomic mass is 10.0. The second-order valence-corrected chi connectivity index (χ2v) is 9.13. The third-order valence-corrected chi connectivity index (χ3v) is 6.84. The van der Waals surface area contributed by atoms with Gasteiger partial charge in [0.15, 0.2) is 0 Å². The minimum Gasteiger partial charge on any atom is -0.395 e. The van der Waals surface area contributed by atoms with Gasteiger partial charge in [-0.2, -0.15) is 0 Å². The van der Waals surface area contributed by atoms with E-state index in [0.717, 1.165) is 40.3 Å². The molecule has 1 saturated heterocycles. The van der Waals surface area contributed by atoms with Gasteiger partial charge in [0, 0.05) is 47.5 Å². The SMILES string of the molecule is Cc1ncc(CN2CCOC(c3c(C(=O)NCCO)sc4ccccc34)C2)s1. The number of nitrogens with zero attached hydrogens (tertiary/aromatic N) is 2. The van der Waals surface area contributed by atoms with Gasteiger partial charge in [0.05, 0.1) is 29.2 Å². The monoisotopic (exact) mass is 417 g/mol. The first-order chi connectivity index (χ1) is 13.7. The molecule has 0 spiro atoms. The van der Waals surface area contributed by atoms with Crippen molar-refractivity contribution in [3.63, 3.8) is 0 Å². The molecule has 0 saturated carbocycles. The van der Waals surface area contributed by atoms with Crippen LogP contribution in [0.5, 0.6) is 0 Å². The maximum absolute atomic E-state index is 12.7. The van der Waals surface area contributed by atoms with Crippen LogP contribution in [0.15, 0.2) is 30.5 Å². The Morgan fingerprint density at radius 1 is 1.39 bits per heavy atom. The first kappa shape index (κ1) is 19.5. The smallest absolute Gasteiger partial charge is 0.261 e. The van der Waals surface area contributed by atoms with Crippen molar-refractivity contribution in [2.75, 3.05) is 32.8 Å². The standard InChI is InChI=1S/C20H23N3O3S2/c1-13-22-10-14(27-13)11-23-7-9-26-16(12-23)18-15-4-2-3-5-17(15)28-19(18)20(25)21-6-8-24/h2-5,10,16,24H,6-9,11-12H2,1H3,(H,21,25). The number of carbonyl (C=O) groups excluding carboxylic acids is 1. The Balaban J connectivity index is 1.62. The van der Waals surface area contributed by atoms with Crippen molar-refractivity contribution in [2.24, 2.45) is 0 Å². The molecule has 1 aliphatic heterocycles. The second kappa shape index (κ2) is 8.67. The van der Waals surface area contributed by atoms with Gasteiger partial charge in [-0.3, -0.25) is 9.69 Å². The van der Waals surface area contributed by atoms with Gasteiger partial charge in [0.2, 0.25) is 0 Å². The number of thiazole rings is 1. The zero-order valence-corrected chi connectivity index (χ0v) is 17.3. The Kier molecular flexibility index (Phi) is 6.03. The molecule has 2 aromatic heterocycles. The molecule has 148 valence electrons. The highest BCUT2D eigenvalue weighted by Crippen LogP contribution is 2.38. The first-order valence-corrected chi connectivity index (χ1v) is 10.9. The Morgan fingerprint density at radius 3 is 3.04 bits per heavy atom. The Hall–Kier alpha value is -1.84. The van der Waals surface area contributed by atoms with Crippen molar-refractivity contribution in [3.8, 4) is 0 Å². The number of ether oxygens (including phenoxy) is 1. The molecule has 2 N–H and O–H groups in total. The lowest BCUT2D eigenvalue weighted by Crippen LogP contribution is -2.38. The molecule has 1 atom stereocenters. The Bertz CT molecular complexity index is 969. The highest BCUT2D eigenvalue weighted by molar-refractivity contribution is 7.21. The lowest BCUT2D eigenvalue weighted by molar-refractivity contribution is -0.0320. The molecule has 3 aromatic rings. The third kappa shape index (κ3) is 4.11. The van der Waals surface area contributed by atoms with E-state index >= 15 is 0 Å². The molecule has 1 aliphatic rings. The van der Waals surface area contributed by atoms with E-state index in [1.165, 1.54) is 16.2 Å². The predicted octanol–water partition coefficient (Wildman–Crippen LogP) is 2.96. The van der Waals surface area contributed by atoms with Gasteiger partial charge in [-0.1, -0.05) is 18.2 Å². The fourth-order valence-corrected chi connectivity index (χ4v) is 5.53. The fourth-order valence-electron chi connectivity index (χ4n) is 3.52. The average Bonchev–Trinajstić information content (AvgIpc) is 3.29. The summed E-state index contributed by atoms with van der Waals surface area (Å²) in [5.74, 6) is -0.149. The number of hydrogen-bond acceptors (Lipinski definition) is 7. The zero-order chi connectivity index (χ0) is 19.5. The van der Waals surface area contributed by atoms with Crippen LogP contribution in [-0.2, 0) is 11.3 Å². The number of amides is 1. The van der Waals surface area contributed by atoms with Crippen molar-refractivity contribution >= 4 is 38.7 Å². The van der Waals surface area contributed by atoms with E-state index in [-0.39, 0.29) is 25.2 Å².